The van der Waals surface area contributed by atoms with Gasteiger partial charge in [0.2, 0.25) is 5.91 Å². The van der Waals surface area contributed by atoms with E-state index in [1.54, 1.807) is 10.9 Å². The van der Waals surface area contributed by atoms with Gasteiger partial charge in [-0.2, -0.15) is 5.10 Å². The van der Waals surface area contributed by atoms with Gasteiger partial charge in [0.25, 0.3) is 0 Å². The third-order valence-electron chi connectivity index (χ3n) is 4.48. The van der Waals surface area contributed by atoms with E-state index in [1.807, 2.05) is 79.4 Å². The van der Waals surface area contributed by atoms with E-state index in [0.29, 0.717) is 0 Å². The summed E-state index contributed by atoms with van der Waals surface area (Å²) < 4.78 is 1.79. The Balaban J connectivity index is 1.57. The lowest BCUT2D eigenvalue weighted by atomic mass is 10.2. The highest BCUT2D eigenvalue weighted by Gasteiger charge is 2.20. The van der Waals surface area contributed by atoms with E-state index in [-0.39, 0.29) is 17.7 Å². The van der Waals surface area contributed by atoms with E-state index < -0.39 is 0 Å². The number of hydrogen-bond donors (Lipinski definition) is 0. The number of amides is 1. The number of rotatable bonds is 6. The first-order valence-electron chi connectivity index (χ1n) is 9.39. The van der Waals surface area contributed by atoms with Gasteiger partial charge in [0.05, 0.1) is 23.0 Å². The van der Waals surface area contributed by atoms with Gasteiger partial charge in [-0.1, -0.05) is 48.2 Å². The Kier molecular flexibility index (Phi) is 5.57. The average molecular weight is 404 g/mol. The molecule has 0 aliphatic carbocycles. The predicted molar refractivity (Wildman–Crippen MR) is 116 cm³/mol. The fourth-order valence-corrected chi connectivity index (χ4v) is 4.03. The maximum atomic E-state index is 13.0. The molecule has 0 fully saturated rings. The minimum atomic E-state index is 0.0402. The number of fused-ring (bicyclic) bond motifs is 1. The van der Waals surface area contributed by atoms with E-state index in [0.717, 1.165) is 27.4 Å². The molecule has 1 amide bonds. The van der Waals surface area contributed by atoms with Crippen LogP contribution in [-0.4, -0.2) is 37.5 Å². The van der Waals surface area contributed by atoms with E-state index in [2.05, 4.69) is 15.1 Å². The number of carbonyl (C=O) groups excluding carboxylic acids is 1. The third kappa shape index (κ3) is 4.00. The molecule has 2 heterocycles. The van der Waals surface area contributed by atoms with Crippen molar-refractivity contribution < 1.29 is 4.79 Å². The molecule has 7 heteroatoms. The molecular weight excluding hydrogens is 382 g/mol. The second kappa shape index (κ2) is 8.45. The first kappa shape index (κ1) is 19.1. The van der Waals surface area contributed by atoms with Crippen molar-refractivity contribution in [3.63, 3.8) is 0 Å². The molecule has 2 aromatic heterocycles. The molecule has 4 aromatic rings. The topological polar surface area (TPSA) is 63.9 Å². The molecule has 0 radical (unpaired) electrons. The average Bonchev–Trinajstić information content (AvgIpc) is 3.18. The Morgan fingerprint density at radius 1 is 1.03 bits per heavy atom. The Bertz CT molecular complexity index is 1110. The molecule has 2 aromatic carbocycles. The van der Waals surface area contributed by atoms with Crippen molar-refractivity contribution in [2.45, 2.75) is 24.9 Å². The van der Waals surface area contributed by atoms with Crippen molar-refractivity contribution in [3.8, 4) is 5.69 Å². The van der Waals surface area contributed by atoms with Crippen LogP contribution < -0.4 is 4.90 Å². The lowest BCUT2D eigenvalue weighted by Crippen LogP contribution is -2.38. The monoisotopic (exact) mass is 403 g/mol. The molecule has 0 aliphatic rings. The number of carbonyl (C=O) groups is 1. The van der Waals surface area contributed by atoms with Crippen LogP contribution in [0.4, 0.5) is 5.69 Å². The lowest BCUT2D eigenvalue weighted by molar-refractivity contribution is -0.116. The highest BCUT2D eigenvalue weighted by atomic mass is 32.2. The summed E-state index contributed by atoms with van der Waals surface area (Å²) in [7, 11) is 0. The summed E-state index contributed by atoms with van der Waals surface area (Å²) >= 11 is 1.41. The van der Waals surface area contributed by atoms with Crippen LogP contribution in [0.3, 0.4) is 0 Å². The maximum Gasteiger partial charge on any atom is 0.237 e. The predicted octanol–water partition coefficient (Wildman–Crippen LogP) is 4.35. The van der Waals surface area contributed by atoms with Gasteiger partial charge < -0.3 is 4.90 Å². The number of anilines is 1. The van der Waals surface area contributed by atoms with Gasteiger partial charge in [0, 0.05) is 11.7 Å². The van der Waals surface area contributed by atoms with Gasteiger partial charge in [0.1, 0.15) is 11.4 Å². The van der Waals surface area contributed by atoms with Crippen LogP contribution in [-0.2, 0) is 4.79 Å². The Morgan fingerprint density at radius 3 is 2.41 bits per heavy atom. The molecule has 146 valence electrons. The summed E-state index contributed by atoms with van der Waals surface area (Å²) in [5.41, 5.74) is 2.56. The largest absolute Gasteiger partial charge is 0.309 e. The number of nitrogens with zero attached hydrogens (tertiary/aromatic N) is 5. The van der Waals surface area contributed by atoms with E-state index in [9.17, 15) is 4.79 Å². The van der Waals surface area contributed by atoms with Gasteiger partial charge in [-0.3, -0.25) is 4.79 Å². The van der Waals surface area contributed by atoms with Crippen molar-refractivity contribution in [2.75, 3.05) is 10.7 Å². The quantitative estimate of drug-likeness (QED) is 0.354. The molecule has 0 saturated carbocycles. The van der Waals surface area contributed by atoms with Crippen molar-refractivity contribution >= 4 is 34.4 Å². The van der Waals surface area contributed by atoms with Gasteiger partial charge >= 0.3 is 0 Å². The van der Waals surface area contributed by atoms with Gasteiger partial charge in [-0.15, -0.1) is 0 Å². The molecule has 0 unspecified atom stereocenters. The van der Waals surface area contributed by atoms with Crippen molar-refractivity contribution in [1.82, 2.24) is 19.7 Å². The van der Waals surface area contributed by atoms with E-state index in [1.165, 1.54) is 18.1 Å². The molecule has 4 rings (SSSR count). The summed E-state index contributed by atoms with van der Waals surface area (Å²) in [5.74, 6) is 0.328. The first-order valence-corrected chi connectivity index (χ1v) is 10.4. The molecule has 0 atom stereocenters. The van der Waals surface area contributed by atoms with Crippen LogP contribution in [0.1, 0.15) is 13.8 Å². The smallest absolute Gasteiger partial charge is 0.237 e. The summed E-state index contributed by atoms with van der Waals surface area (Å²) in [6, 6.07) is 19.6. The zero-order chi connectivity index (χ0) is 20.2. The minimum Gasteiger partial charge on any atom is -0.309 e. The lowest BCUT2D eigenvalue weighted by Gasteiger charge is -2.26. The van der Waals surface area contributed by atoms with Crippen LogP contribution in [0, 0.1) is 0 Å². The summed E-state index contributed by atoms with van der Waals surface area (Å²) in [4.78, 5) is 23.6. The summed E-state index contributed by atoms with van der Waals surface area (Å²) in [6.07, 6.45) is 3.28. The highest BCUT2D eigenvalue weighted by molar-refractivity contribution is 8.00. The number of aromatic nitrogens is 4. The second-order valence-corrected chi connectivity index (χ2v) is 7.75. The van der Waals surface area contributed by atoms with Crippen LogP contribution in [0.5, 0.6) is 0 Å². The standard InChI is InChI=1S/C22H21N5OS/c1-16(2)26(17-9-5-3-6-10-17)20(28)14-29-22-19-13-25-27(21(19)23-15-24-22)18-11-7-4-8-12-18/h3-13,15-16H,14H2,1-2H3. The van der Waals surface area contributed by atoms with Crippen LogP contribution in [0.15, 0.2) is 78.2 Å². The van der Waals surface area contributed by atoms with Gasteiger partial charge in [-0.25, -0.2) is 14.6 Å². The maximum absolute atomic E-state index is 13.0. The SMILES string of the molecule is CC(C)N(C(=O)CSc1ncnc2c1cnn2-c1ccccc1)c1ccccc1. The normalized spacial score (nSPS) is 11.1. The molecule has 0 spiro atoms. The Hall–Kier alpha value is -3.19. The number of para-hydroxylation sites is 2. The second-order valence-electron chi connectivity index (χ2n) is 6.79. The van der Waals surface area contributed by atoms with Gasteiger partial charge in [0.15, 0.2) is 5.65 Å². The van der Waals surface area contributed by atoms with E-state index >= 15 is 0 Å². The van der Waals surface area contributed by atoms with Gasteiger partial charge in [-0.05, 0) is 38.1 Å². The van der Waals surface area contributed by atoms with Crippen molar-refractivity contribution in [3.05, 3.63) is 73.2 Å². The van der Waals surface area contributed by atoms with Crippen LogP contribution >= 0.6 is 11.8 Å². The number of thioether (sulfide) groups is 1. The Morgan fingerprint density at radius 2 is 1.72 bits per heavy atom. The third-order valence-corrected chi connectivity index (χ3v) is 5.47. The summed E-state index contributed by atoms with van der Waals surface area (Å²) in [5, 5.41) is 6.06. The molecule has 6 nitrogen and oxygen atoms in total. The zero-order valence-electron chi connectivity index (χ0n) is 16.3. The molecular formula is C22H21N5OS. The number of benzene rings is 2. The highest BCUT2D eigenvalue weighted by Crippen LogP contribution is 2.27. The Labute approximate surface area is 173 Å². The molecule has 0 aliphatic heterocycles. The summed E-state index contributed by atoms with van der Waals surface area (Å²) in [6.45, 7) is 4.03. The van der Waals surface area contributed by atoms with Crippen molar-refractivity contribution in [1.29, 1.82) is 0 Å². The van der Waals surface area contributed by atoms with E-state index in [4.69, 9.17) is 0 Å². The van der Waals surface area contributed by atoms with Crippen LogP contribution in [0.25, 0.3) is 16.7 Å². The fraction of sp³-hybridized carbons (Fsp3) is 0.182. The molecule has 0 bridgehead atoms. The first-order chi connectivity index (χ1) is 14.1. The number of hydrogen-bond acceptors (Lipinski definition) is 5. The van der Waals surface area contributed by atoms with Crippen molar-refractivity contribution in [2.24, 2.45) is 0 Å². The zero-order valence-corrected chi connectivity index (χ0v) is 17.1. The minimum absolute atomic E-state index is 0.0402. The molecule has 29 heavy (non-hydrogen) atoms. The molecule has 0 N–H and O–H groups in total. The molecule has 0 saturated heterocycles. The van der Waals surface area contributed by atoms with Crippen LogP contribution in [0.2, 0.25) is 0 Å². The fourth-order valence-electron chi connectivity index (χ4n) is 3.21.